The minimum Gasteiger partial charge on any atom is -0.289 e. The van der Waals surface area contributed by atoms with E-state index in [0.717, 1.165) is 6.92 Å². The van der Waals surface area contributed by atoms with Crippen molar-refractivity contribution in [3.8, 4) is 0 Å². The molecule has 3 nitrogen and oxygen atoms in total. The smallest absolute Gasteiger partial charge is 0.289 e. The van der Waals surface area contributed by atoms with Crippen LogP contribution < -0.4 is 0 Å². The zero-order valence-electron chi connectivity index (χ0n) is 6.85. The molecule has 1 aliphatic heterocycles. The van der Waals surface area contributed by atoms with E-state index in [1.165, 1.54) is 0 Å². The summed E-state index contributed by atoms with van der Waals surface area (Å²) in [5.74, 6) is 0. The van der Waals surface area contributed by atoms with Gasteiger partial charge in [0.25, 0.3) is 0 Å². The van der Waals surface area contributed by atoms with Gasteiger partial charge < -0.3 is 0 Å². The number of halogens is 5. The third-order valence-electron chi connectivity index (χ3n) is 1.38. The lowest BCUT2D eigenvalue weighted by Crippen LogP contribution is -2.24. The lowest BCUT2D eigenvalue weighted by Gasteiger charge is -2.15. The summed E-state index contributed by atoms with van der Waals surface area (Å²) >= 11 is 0. The van der Waals surface area contributed by atoms with E-state index in [-0.39, 0.29) is 0 Å². The molecule has 0 saturated heterocycles. The van der Waals surface area contributed by atoms with E-state index in [4.69, 9.17) is 0 Å². The summed E-state index contributed by atoms with van der Waals surface area (Å²) in [6.07, 6.45) is -4.30. The van der Waals surface area contributed by atoms with Crippen LogP contribution in [0.1, 0.15) is 6.92 Å². The number of rotatable bonds is 2. The molecule has 0 N–H and O–H groups in total. The van der Waals surface area contributed by atoms with E-state index in [9.17, 15) is 22.0 Å². The molecule has 0 spiro atoms. The summed E-state index contributed by atoms with van der Waals surface area (Å²) in [6, 6.07) is 0. The van der Waals surface area contributed by atoms with Crippen LogP contribution in [0, 0.1) is 0 Å². The quantitative estimate of drug-likeness (QED) is 0.653. The van der Waals surface area contributed by atoms with Gasteiger partial charge in [0.2, 0.25) is 5.72 Å². The molecule has 14 heavy (non-hydrogen) atoms. The maximum absolute atomic E-state index is 12.0. The van der Waals surface area contributed by atoms with Crippen LogP contribution in [0.4, 0.5) is 22.0 Å². The molecule has 0 aliphatic carbocycles. The van der Waals surface area contributed by atoms with E-state index in [2.05, 4.69) is 15.0 Å². The first-order chi connectivity index (χ1) is 6.23. The van der Waals surface area contributed by atoms with E-state index in [1.54, 1.807) is 0 Å². The first-order valence-electron chi connectivity index (χ1n) is 3.42. The lowest BCUT2D eigenvalue weighted by atomic mass is 10.2. The van der Waals surface area contributed by atoms with Gasteiger partial charge in [-0.2, -0.15) is 22.0 Å². The summed E-state index contributed by atoms with van der Waals surface area (Å²) in [5.41, 5.74) is -3.36. The number of ether oxygens (including phenoxy) is 1. The highest BCUT2D eigenvalue weighted by atomic mass is 19.4. The Morgan fingerprint density at radius 3 is 2.36 bits per heavy atom. The summed E-state index contributed by atoms with van der Waals surface area (Å²) in [7, 11) is 0. The van der Waals surface area contributed by atoms with Crippen LogP contribution in [0.3, 0.4) is 0 Å². The van der Waals surface area contributed by atoms with Crippen LogP contribution >= 0.6 is 0 Å². The van der Waals surface area contributed by atoms with Gasteiger partial charge in [-0.1, -0.05) is 0 Å². The monoisotopic (exact) mass is 216 g/mol. The molecular weight excluding hydrogens is 211 g/mol. The Morgan fingerprint density at radius 1 is 1.43 bits per heavy atom. The van der Waals surface area contributed by atoms with Gasteiger partial charge in [0, 0.05) is 6.08 Å². The highest BCUT2D eigenvalue weighted by Gasteiger charge is 2.42. The Balaban J connectivity index is 2.81. The zero-order chi connectivity index (χ0) is 11.0. The Morgan fingerprint density at radius 2 is 2.00 bits per heavy atom. The molecule has 0 amide bonds. The molecule has 0 aromatic rings. The van der Waals surface area contributed by atoms with E-state index < -0.39 is 24.2 Å². The largest absolute Gasteiger partial charge is 0.435 e. The summed E-state index contributed by atoms with van der Waals surface area (Å²) in [5, 5.41) is 5.68. The normalized spacial score (nSPS) is 27.2. The molecule has 0 saturated carbocycles. The van der Waals surface area contributed by atoms with Crippen LogP contribution in [-0.4, -0.2) is 18.5 Å². The van der Waals surface area contributed by atoms with Crippen molar-refractivity contribution in [2.75, 3.05) is 0 Å². The van der Waals surface area contributed by atoms with Crippen molar-refractivity contribution in [2.45, 2.75) is 25.4 Å². The summed E-state index contributed by atoms with van der Waals surface area (Å²) in [6.45, 7) is -2.25. The maximum Gasteiger partial charge on any atom is 0.435 e. The molecule has 0 fully saturated rings. The second-order valence-electron chi connectivity index (χ2n) is 2.66. The molecule has 0 aromatic heterocycles. The SMILES string of the molecule is CC1(OC(F)F)C=C(C(F)(F)F)N=N1. The fourth-order valence-electron chi connectivity index (χ4n) is 0.841. The van der Waals surface area contributed by atoms with Gasteiger partial charge >= 0.3 is 12.8 Å². The second-order valence-corrected chi connectivity index (χ2v) is 2.66. The molecule has 1 unspecified atom stereocenters. The third kappa shape index (κ3) is 2.47. The fraction of sp³-hybridized carbons (Fsp3) is 0.667. The van der Waals surface area contributed by atoms with Gasteiger partial charge in [-0.3, -0.25) is 4.74 Å². The predicted molar refractivity (Wildman–Crippen MR) is 34.5 cm³/mol. The molecule has 1 atom stereocenters. The van der Waals surface area contributed by atoms with Crippen LogP contribution in [0.25, 0.3) is 0 Å². The fourth-order valence-corrected chi connectivity index (χ4v) is 0.841. The molecule has 0 radical (unpaired) electrons. The topological polar surface area (TPSA) is 34.0 Å². The first kappa shape index (κ1) is 11.0. The molecule has 1 aliphatic rings. The number of hydrogen-bond acceptors (Lipinski definition) is 3. The standard InChI is InChI=1S/C6H5F5N2O/c1-5(14-4(7)8)2-3(12-13-5)6(9,10)11/h2,4H,1H3. The Bertz CT molecular complexity index is 284. The second kappa shape index (κ2) is 3.26. The number of azo groups is 1. The van der Waals surface area contributed by atoms with E-state index >= 15 is 0 Å². The average Bonchev–Trinajstić information content (AvgIpc) is 2.28. The van der Waals surface area contributed by atoms with Gasteiger partial charge in [-0.15, -0.1) is 10.2 Å². The Hall–Kier alpha value is -1.05. The van der Waals surface area contributed by atoms with Gasteiger partial charge in [-0.05, 0) is 6.92 Å². The van der Waals surface area contributed by atoms with Crippen LogP contribution in [0.2, 0.25) is 0 Å². The summed E-state index contributed by atoms with van der Waals surface area (Å²) < 4.78 is 63.2. The highest BCUT2D eigenvalue weighted by molar-refractivity contribution is 5.17. The maximum atomic E-state index is 12.0. The van der Waals surface area contributed by atoms with Crippen molar-refractivity contribution in [2.24, 2.45) is 10.2 Å². The first-order valence-corrected chi connectivity index (χ1v) is 3.42. The third-order valence-corrected chi connectivity index (χ3v) is 1.38. The predicted octanol–water partition coefficient (Wildman–Crippen LogP) is 2.85. The van der Waals surface area contributed by atoms with Crippen LogP contribution in [0.5, 0.6) is 0 Å². The van der Waals surface area contributed by atoms with Crippen LogP contribution in [-0.2, 0) is 4.74 Å². The number of alkyl halides is 5. The van der Waals surface area contributed by atoms with Gasteiger partial charge in [0.1, 0.15) is 0 Å². The molecule has 0 bridgehead atoms. The minimum absolute atomic E-state index is 0.402. The average molecular weight is 216 g/mol. The van der Waals surface area contributed by atoms with Crippen molar-refractivity contribution in [1.82, 2.24) is 0 Å². The van der Waals surface area contributed by atoms with Crippen molar-refractivity contribution >= 4 is 0 Å². The Kier molecular flexibility index (Phi) is 2.57. The van der Waals surface area contributed by atoms with Crippen molar-refractivity contribution in [3.63, 3.8) is 0 Å². The molecule has 1 heterocycles. The van der Waals surface area contributed by atoms with E-state index in [0.29, 0.717) is 6.08 Å². The minimum atomic E-state index is -4.70. The lowest BCUT2D eigenvalue weighted by molar-refractivity contribution is -0.183. The number of allylic oxidation sites excluding steroid dienone is 1. The molecule has 0 aromatic carbocycles. The van der Waals surface area contributed by atoms with Crippen LogP contribution in [0.15, 0.2) is 22.0 Å². The molecule has 1 rings (SSSR count). The van der Waals surface area contributed by atoms with Gasteiger partial charge in [0.15, 0.2) is 5.70 Å². The highest BCUT2D eigenvalue weighted by Crippen LogP contribution is 2.35. The van der Waals surface area contributed by atoms with Crippen molar-refractivity contribution in [1.29, 1.82) is 0 Å². The van der Waals surface area contributed by atoms with Gasteiger partial charge in [0.05, 0.1) is 0 Å². The number of nitrogens with zero attached hydrogens (tertiary/aromatic N) is 2. The zero-order valence-corrected chi connectivity index (χ0v) is 6.85. The Labute approximate surface area is 75.3 Å². The number of hydrogen-bond donors (Lipinski definition) is 0. The molecule has 8 heteroatoms. The summed E-state index contributed by atoms with van der Waals surface area (Å²) in [4.78, 5) is 0. The van der Waals surface area contributed by atoms with E-state index in [1.807, 2.05) is 0 Å². The van der Waals surface area contributed by atoms with Gasteiger partial charge in [-0.25, -0.2) is 0 Å². The molecular formula is C6H5F5N2O. The van der Waals surface area contributed by atoms with Crippen molar-refractivity contribution in [3.05, 3.63) is 11.8 Å². The van der Waals surface area contributed by atoms with Crippen molar-refractivity contribution < 1.29 is 26.7 Å². The molecule has 80 valence electrons.